The summed E-state index contributed by atoms with van der Waals surface area (Å²) in [4.78, 5) is 20.2. The van der Waals surface area contributed by atoms with Gasteiger partial charge in [0.25, 0.3) is 0 Å². The zero-order valence-electron chi connectivity index (χ0n) is 22.6. The molecule has 3 aliphatic carbocycles. The molecule has 1 saturated heterocycles. The molecule has 1 aromatic carbocycles. The number of aromatic nitrogens is 1. The standard InChI is InChI=1S/C33H39N3O/c1-4-6-24-18-26-27(19-29(24)36-15-13-22(14-16-36)12-11-21-9-10-21)33(2,3)32-30(31(26)37)25-8-5-7-23(20-34)17-28(25)35-32/h5,8,17-19,21-22,35H,4,6-7,9-16H2,1-3H3. The maximum Gasteiger partial charge on any atom is 0.195 e. The number of carbonyl (C=O) groups excluding carboxylic acids is 1. The summed E-state index contributed by atoms with van der Waals surface area (Å²) in [5, 5.41) is 9.51. The SMILES string of the molecule is CCCc1cc2c(cc1N1CCC(CCC3CC3)CC1)C(C)(C)c1[nH]c3c(c1C2=O)C=CCC(C#N)=C3. The van der Waals surface area contributed by atoms with Crippen LogP contribution in [0.25, 0.3) is 12.2 Å². The molecule has 0 spiro atoms. The molecule has 1 aliphatic heterocycles. The van der Waals surface area contributed by atoms with Gasteiger partial charge in [0.05, 0.1) is 11.6 Å². The molecule has 0 atom stereocenters. The van der Waals surface area contributed by atoms with Gasteiger partial charge in [-0.1, -0.05) is 65.0 Å². The summed E-state index contributed by atoms with van der Waals surface area (Å²) >= 11 is 0. The van der Waals surface area contributed by atoms with Crippen molar-refractivity contribution in [1.82, 2.24) is 4.98 Å². The number of fused-ring (bicyclic) bond motifs is 4. The molecule has 0 unspecified atom stereocenters. The molecular weight excluding hydrogens is 454 g/mol. The van der Waals surface area contributed by atoms with Crippen LogP contribution in [-0.4, -0.2) is 23.9 Å². The maximum absolute atomic E-state index is 14.1. The Labute approximate surface area is 221 Å². The Hall–Kier alpha value is -3.06. The van der Waals surface area contributed by atoms with Crippen LogP contribution in [0.5, 0.6) is 0 Å². The number of H-pyrrole nitrogens is 1. The van der Waals surface area contributed by atoms with Gasteiger partial charge in [0, 0.05) is 58.7 Å². The average molecular weight is 494 g/mol. The predicted molar refractivity (Wildman–Crippen MR) is 151 cm³/mol. The van der Waals surface area contributed by atoms with Crippen molar-refractivity contribution in [1.29, 1.82) is 5.26 Å². The number of piperidine rings is 1. The summed E-state index contributed by atoms with van der Waals surface area (Å²) in [5.74, 6) is 2.02. The van der Waals surface area contributed by atoms with Gasteiger partial charge >= 0.3 is 0 Å². The van der Waals surface area contributed by atoms with Crippen molar-refractivity contribution >= 4 is 23.6 Å². The Morgan fingerprint density at radius 3 is 2.51 bits per heavy atom. The lowest BCUT2D eigenvalue weighted by atomic mass is 9.70. The van der Waals surface area contributed by atoms with E-state index in [4.69, 9.17) is 0 Å². The number of nitrogens with one attached hydrogen (secondary N) is 1. The molecule has 1 aromatic heterocycles. The summed E-state index contributed by atoms with van der Waals surface area (Å²) in [7, 11) is 0. The Balaban J connectivity index is 1.37. The van der Waals surface area contributed by atoms with E-state index in [1.165, 1.54) is 49.8 Å². The Kier molecular flexibility index (Phi) is 6.14. The van der Waals surface area contributed by atoms with E-state index in [-0.39, 0.29) is 11.2 Å². The summed E-state index contributed by atoms with van der Waals surface area (Å²) < 4.78 is 0. The summed E-state index contributed by atoms with van der Waals surface area (Å²) in [6.45, 7) is 8.94. The van der Waals surface area contributed by atoms with Crippen molar-refractivity contribution in [3.05, 3.63) is 63.0 Å². The first-order valence-electron chi connectivity index (χ1n) is 14.4. The quantitative estimate of drug-likeness (QED) is 0.451. The number of benzene rings is 1. The van der Waals surface area contributed by atoms with Crippen LogP contribution in [-0.2, 0) is 11.8 Å². The summed E-state index contributed by atoms with van der Waals surface area (Å²) in [5.41, 5.74) is 8.58. The molecule has 1 saturated carbocycles. The molecule has 4 aliphatic rings. The molecule has 192 valence electrons. The van der Waals surface area contributed by atoms with Gasteiger partial charge < -0.3 is 9.88 Å². The third-order valence-corrected chi connectivity index (χ3v) is 9.30. The van der Waals surface area contributed by atoms with E-state index in [0.29, 0.717) is 12.0 Å². The van der Waals surface area contributed by atoms with Crippen LogP contribution in [0.4, 0.5) is 5.69 Å². The van der Waals surface area contributed by atoms with E-state index < -0.39 is 0 Å². The van der Waals surface area contributed by atoms with Gasteiger partial charge in [-0.3, -0.25) is 4.79 Å². The number of rotatable bonds is 6. The lowest BCUT2D eigenvalue weighted by Gasteiger charge is -2.38. The van der Waals surface area contributed by atoms with Crippen LogP contribution in [0, 0.1) is 23.2 Å². The molecule has 2 heterocycles. The van der Waals surface area contributed by atoms with Crippen LogP contribution >= 0.6 is 0 Å². The molecule has 4 nitrogen and oxygen atoms in total. The molecule has 2 aromatic rings. The van der Waals surface area contributed by atoms with Crippen molar-refractivity contribution < 1.29 is 4.79 Å². The van der Waals surface area contributed by atoms with E-state index in [9.17, 15) is 10.1 Å². The number of carbonyl (C=O) groups is 1. The van der Waals surface area contributed by atoms with Crippen LogP contribution < -0.4 is 4.90 Å². The Morgan fingerprint density at radius 2 is 1.84 bits per heavy atom. The molecule has 4 heteroatoms. The zero-order chi connectivity index (χ0) is 25.7. The minimum Gasteiger partial charge on any atom is -0.371 e. The van der Waals surface area contributed by atoms with Gasteiger partial charge in [-0.15, -0.1) is 0 Å². The van der Waals surface area contributed by atoms with Crippen molar-refractivity contribution in [3.63, 3.8) is 0 Å². The highest BCUT2D eigenvalue weighted by molar-refractivity contribution is 6.16. The lowest BCUT2D eigenvalue weighted by molar-refractivity contribution is 0.103. The van der Waals surface area contributed by atoms with Gasteiger partial charge in [0.2, 0.25) is 0 Å². The summed E-state index contributed by atoms with van der Waals surface area (Å²) in [6.07, 6.45) is 16.9. The molecular formula is C33H39N3O. The third-order valence-electron chi connectivity index (χ3n) is 9.30. The second-order valence-electron chi connectivity index (χ2n) is 12.3. The minimum absolute atomic E-state index is 0.114. The number of hydrogen-bond acceptors (Lipinski definition) is 3. The van der Waals surface area contributed by atoms with E-state index in [0.717, 1.165) is 71.4 Å². The summed E-state index contributed by atoms with van der Waals surface area (Å²) in [6, 6.07) is 6.87. The average Bonchev–Trinajstić information content (AvgIpc) is 3.69. The highest BCUT2D eigenvalue weighted by Crippen LogP contribution is 2.46. The molecule has 37 heavy (non-hydrogen) atoms. The smallest absolute Gasteiger partial charge is 0.195 e. The van der Waals surface area contributed by atoms with Crippen LogP contribution in [0.1, 0.15) is 116 Å². The first kappa shape index (κ1) is 24.3. The van der Waals surface area contributed by atoms with Crippen LogP contribution in [0.2, 0.25) is 0 Å². The highest BCUT2D eigenvalue weighted by atomic mass is 16.1. The van der Waals surface area contributed by atoms with Crippen molar-refractivity contribution in [2.45, 2.75) is 84.0 Å². The largest absolute Gasteiger partial charge is 0.371 e. The molecule has 1 N–H and O–H groups in total. The number of hydrogen-bond donors (Lipinski definition) is 1. The van der Waals surface area contributed by atoms with Gasteiger partial charge in [0.1, 0.15) is 0 Å². The normalized spacial score (nSPS) is 20.5. The minimum atomic E-state index is -0.332. The maximum atomic E-state index is 14.1. The first-order valence-corrected chi connectivity index (χ1v) is 14.4. The van der Waals surface area contributed by atoms with Gasteiger partial charge in [0.15, 0.2) is 5.78 Å². The van der Waals surface area contributed by atoms with Crippen molar-refractivity contribution in [2.24, 2.45) is 11.8 Å². The van der Waals surface area contributed by atoms with Crippen molar-refractivity contribution in [3.8, 4) is 6.07 Å². The highest BCUT2D eigenvalue weighted by Gasteiger charge is 2.41. The fourth-order valence-electron chi connectivity index (χ4n) is 6.85. The number of anilines is 1. The van der Waals surface area contributed by atoms with Gasteiger partial charge in [-0.05, 0) is 60.4 Å². The fourth-order valence-corrected chi connectivity index (χ4v) is 6.85. The first-order chi connectivity index (χ1) is 17.9. The number of aryl methyl sites for hydroxylation is 1. The Bertz CT molecular complexity index is 1340. The second kappa shape index (κ2) is 9.35. The van der Waals surface area contributed by atoms with Gasteiger partial charge in [-0.25, -0.2) is 0 Å². The topological polar surface area (TPSA) is 59.9 Å². The number of aromatic amines is 1. The van der Waals surface area contributed by atoms with E-state index >= 15 is 0 Å². The molecule has 0 radical (unpaired) electrons. The number of nitriles is 1. The zero-order valence-corrected chi connectivity index (χ0v) is 22.6. The number of ketones is 1. The number of allylic oxidation sites excluding steroid dienone is 2. The predicted octanol–water partition coefficient (Wildman–Crippen LogP) is 7.57. The molecule has 6 rings (SSSR count). The van der Waals surface area contributed by atoms with E-state index in [1.54, 1.807) is 0 Å². The number of nitrogens with zero attached hydrogens (tertiary/aromatic N) is 2. The van der Waals surface area contributed by atoms with E-state index in [1.807, 2.05) is 18.2 Å². The van der Waals surface area contributed by atoms with Gasteiger partial charge in [-0.2, -0.15) is 5.26 Å². The lowest BCUT2D eigenvalue weighted by Crippen LogP contribution is -2.36. The van der Waals surface area contributed by atoms with E-state index in [2.05, 4.69) is 48.9 Å². The molecule has 2 fully saturated rings. The molecule has 0 bridgehead atoms. The third kappa shape index (κ3) is 4.27. The Morgan fingerprint density at radius 1 is 1.11 bits per heavy atom. The fraction of sp³-hybridized carbons (Fsp3) is 0.515. The monoisotopic (exact) mass is 493 g/mol. The second-order valence-corrected chi connectivity index (χ2v) is 12.3. The molecule has 0 amide bonds. The van der Waals surface area contributed by atoms with Crippen molar-refractivity contribution in [2.75, 3.05) is 18.0 Å². The van der Waals surface area contributed by atoms with Crippen LogP contribution in [0.3, 0.4) is 0 Å². The van der Waals surface area contributed by atoms with Crippen LogP contribution in [0.15, 0.2) is 23.8 Å².